The van der Waals surface area contributed by atoms with Gasteiger partial charge in [-0.3, -0.25) is 5.01 Å². The molecular formula is C21H29ClF2N6S. The monoisotopic (exact) mass is 470 g/mol. The first-order valence-corrected chi connectivity index (χ1v) is 11.2. The normalized spacial score (nSPS) is 16.2. The number of hydrazine groups is 1. The molecule has 0 saturated carbocycles. The molecule has 0 radical (unpaired) electrons. The van der Waals surface area contributed by atoms with E-state index in [-0.39, 0.29) is 23.4 Å². The average Bonchev–Trinajstić information content (AvgIpc) is 3.01. The van der Waals surface area contributed by atoms with Crippen LogP contribution in [0.4, 0.5) is 26.1 Å². The van der Waals surface area contributed by atoms with Gasteiger partial charge < -0.3 is 10.6 Å². The molecule has 1 fully saturated rings. The van der Waals surface area contributed by atoms with Crippen molar-refractivity contribution in [3.05, 3.63) is 34.9 Å². The summed E-state index contributed by atoms with van der Waals surface area (Å²) in [5.41, 5.74) is 7.67. The molecule has 1 aliphatic rings. The largest absolute Gasteiger partial charge is 0.393 e. The standard InChI is InChI=1S/C21H29ClF2N6S/c1-20(2,3)31-19-26-17(29-11-10-21(23,24)13-29)16(25)18(27-19)30(28(4)5)12-14-8-6-7-9-15(14)22/h6-9H,10-13,25H2,1-5H3. The van der Waals surface area contributed by atoms with Gasteiger partial charge in [0.05, 0.1) is 13.1 Å². The highest BCUT2D eigenvalue weighted by molar-refractivity contribution is 8.00. The van der Waals surface area contributed by atoms with Crippen LogP contribution in [0.3, 0.4) is 0 Å². The molecule has 10 heteroatoms. The number of alkyl halides is 2. The van der Waals surface area contributed by atoms with Crippen molar-refractivity contribution in [2.24, 2.45) is 0 Å². The SMILES string of the molecule is CN(C)N(Cc1ccccc1Cl)c1nc(SC(C)(C)C)nc(N2CCC(F)(F)C2)c1N. The van der Waals surface area contributed by atoms with Crippen molar-refractivity contribution >= 4 is 40.7 Å². The Bertz CT molecular complexity index is 935. The maximum Gasteiger partial charge on any atom is 0.266 e. The fourth-order valence-electron chi connectivity index (χ4n) is 3.29. The molecule has 0 spiro atoms. The highest BCUT2D eigenvalue weighted by Crippen LogP contribution is 2.40. The van der Waals surface area contributed by atoms with Crippen LogP contribution in [0.2, 0.25) is 5.02 Å². The second-order valence-corrected chi connectivity index (χ2v) is 11.0. The topological polar surface area (TPSA) is 61.5 Å². The predicted octanol–water partition coefficient (Wildman–Crippen LogP) is 4.93. The molecule has 0 amide bonds. The first-order chi connectivity index (χ1) is 14.4. The van der Waals surface area contributed by atoms with Crippen molar-refractivity contribution in [2.75, 3.05) is 42.8 Å². The molecule has 0 aliphatic carbocycles. The molecule has 2 aromatic rings. The van der Waals surface area contributed by atoms with Crippen LogP contribution in [0.15, 0.2) is 29.4 Å². The summed E-state index contributed by atoms with van der Waals surface area (Å²) < 4.78 is 27.7. The van der Waals surface area contributed by atoms with E-state index in [1.54, 1.807) is 4.90 Å². The van der Waals surface area contributed by atoms with Gasteiger partial charge in [0, 0.05) is 36.8 Å². The zero-order chi connectivity index (χ0) is 23.0. The highest BCUT2D eigenvalue weighted by Gasteiger charge is 2.40. The number of aromatic nitrogens is 2. The Morgan fingerprint density at radius 1 is 1.23 bits per heavy atom. The van der Waals surface area contributed by atoms with Crippen molar-refractivity contribution in [3.8, 4) is 0 Å². The van der Waals surface area contributed by atoms with Crippen LogP contribution in [-0.4, -0.2) is 52.8 Å². The van der Waals surface area contributed by atoms with E-state index in [1.165, 1.54) is 11.8 Å². The van der Waals surface area contributed by atoms with Gasteiger partial charge >= 0.3 is 0 Å². The average molecular weight is 471 g/mol. The van der Waals surface area contributed by atoms with Gasteiger partial charge in [-0.1, -0.05) is 62.3 Å². The van der Waals surface area contributed by atoms with Crippen molar-refractivity contribution in [2.45, 2.75) is 49.6 Å². The summed E-state index contributed by atoms with van der Waals surface area (Å²) in [4.78, 5) is 10.9. The smallest absolute Gasteiger partial charge is 0.266 e. The van der Waals surface area contributed by atoms with Crippen LogP contribution in [0.1, 0.15) is 32.8 Å². The fourth-order valence-corrected chi connectivity index (χ4v) is 4.30. The predicted molar refractivity (Wildman–Crippen MR) is 125 cm³/mol. The van der Waals surface area contributed by atoms with Crippen molar-refractivity contribution in [1.82, 2.24) is 15.0 Å². The van der Waals surface area contributed by atoms with E-state index < -0.39 is 12.5 Å². The quantitative estimate of drug-likeness (QED) is 0.365. The number of benzene rings is 1. The number of nitrogens with two attached hydrogens (primary N) is 1. The Kier molecular flexibility index (Phi) is 6.88. The van der Waals surface area contributed by atoms with Crippen LogP contribution >= 0.6 is 23.4 Å². The zero-order valence-electron chi connectivity index (χ0n) is 18.5. The van der Waals surface area contributed by atoms with Crippen molar-refractivity contribution in [3.63, 3.8) is 0 Å². The van der Waals surface area contributed by atoms with Gasteiger partial charge in [0.25, 0.3) is 5.92 Å². The number of halogens is 3. The minimum Gasteiger partial charge on any atom is -0.393 e. The van der Waals surface area contributed by atoms with Gasteiger partial charge in [0.2, 0.25) is 0 Å². The van der Waals surface area contributed by atoms with Gasteiger partial charge in [-0.05, 0) is 11.6 Å². The lowest BCUT2D eigenvalue weighted by atomic mass is 10.2. The summed E-state index contributed by atoms with van der Waals surface area (Å²) in [7, 11) is 3.75. The van der Waals surface area contributed by atoms with E-state index in [9.17, 15) is 8.78 Å². The first kappa shape index (κ1) is 23.8. The minimum atomic E-state index is -2.76. The summed E-state index contributed by atoms with van der Waals surface area (Å²) in [5, 5.41) is 4.86. The van der Waals surface area contributed by atoms with Gasteiger partial charge in [0.15, 0.2) is 16.8 Å². The Labute approximate surface area is 191 Å². The number of anilines is 3. The maximum atomic E-state index is 13.9. The van der Waals surface area contributed by atoms with E-state index in [2.05, 4.69) is 4.98 Å². The zero-order valence-corrected chi connectivity index (χ0v) is 20.1. The Morgan fingerprint density at radius 3 is 2.45 bits per heavy atom. The summed E-state index contributed by atoms with van der Waals surface area (Å²) in [6.45, 7) is 6.36. The van der Waals surface area contributed by atoms with Crippen LogP contribution in [0.5, 0.6) is 0 Å². The van der Waals surface area contributed by atoms with Crippen molar-refractivity contribution < 1.29 is 8.78 Å². The van der Waals surface area contributed by atoms with Gasteiger partial charge in [0.1, 0.15) is 5.69 Å². The number of hydrogen-bond acceptors (Lipinski definition) is 7. The van der Waals surface area contributed by atoms with E-state index in [0.29, 0.717) is 28.4 Å². The van der Waals surface area contributed by atoms with Crippen LogP contribution in [-0.2, 0) is 6.54 Å². The number of thioether (sulfide) groups is 1. The third kappa shape index (κ3) is 5.90. The van der Waals surface area contributed by atoms with E-state index >= 15 is 0 Å². The molecule has 0 unspecified atom stereocenters. The number of nitrogens with zero attached hydrogens (tertiary/aromatic N) is 5. The van der Waals surface area contributed by atoms with Gasteiger partial charge in [-0.15, -0.1) is 0 Å². The molecule has 0 bridgehead atoms. The maximum absolute atomic E-state index is 13.9. The summed E-state index contributed by atoms with van der Waals surface area (Å²) in [5.74, 6) is -1.94. The number of nitrogen functional groups attached to an aromatic ring is 1. The molecular weight excluding hydrogens is 442 g/mol. The molecule has 3 rings (SSSR count). The second kappa shape index (κ2) is 8.96. The molecule has 1 aromatic heterocycles. The molecule has 6 nitrogen and oxygen atoms in total. The fraction of sp³-hybridized carbons (Fsp3) is 0.524. The lowest BCUT2D eigenvalue weighted by Gasteiger charge is -2.33. The van der Waals surface area contributed by atoms with Crippen LogP contribution < -0.4 is 15.6 Å². The van der Waals surface area contributed by atoms with Crippen LogP contribution in [0, 0.1) is 0 Å². The Morgan fingerprint density at radius 2 is 1.90 bits per heavy atom. The summed E-state index contributed by atoms with van der Waals surface area (Å²) >= 11 is 7.85. The van der Waals surface area contributed by atoms with E-state index in [0.717, 1.165) is 5.56 Å². The second-order valence-electron chi connectivity index (χ2n) is 8.81. The molecule has 2 N–H and O–H groups in total. The number of rotatable bonds is 6. The Balaban J connectivity index is 2.08. The minimum absolute atomic E-state index is 0.161. The molecule has 0 atom stereocenters. The van der Waals surface area contributed by atoms with E-state index in [4.69, 9.17) is 22.3 Å². The van der Waals surface area contributed by atoms with E-state index in [1.807, 2.05) is 69.1 Å². The Hall–Kier alpha value is -1.84. The molecule has 31 heavy (non-hydrogen) atoms. The lowest BCUT2D eigenvalue weighted by Crippen LogP contribution is -2.38. The third-order valence-corrected chi connectivity index (χ3v) is 6.10. The van der Waals surface area contributed by atoms with Gasteiger partial charge in [-0.2, -0.15) is 0 Å². The summed E-state index contributed by atoms with van der Waals surface area (Å²) in [6.07, 6.45) is -0.218. The number of hydrogen-bond donors (Lipinski definition) is 1. The molecule has 1 aliphatic heterocycles. The lowest BCUT2D eigenvalue weighted by molar-refractivity contribution is 0.0257. The molecule has 2 heterocycles. The van der Waals surface area contributed by atoms with Crippen molar-refractivity contribution in [1.29, 1.82) is 0 Å². The highest BCUT2D eigenvalue weighted by atomic mass is 35.5. The molecule has 1 saturated heterocycles. The van der Waals surface area contributed by atoms with Gasteiger partial charge in [-0.25, -0.2) is 23.8 Å². The summed E-state index contributed by atoms with van der Waals surface area (Å²) in [6, 6.07) is 7.54. The molecule has 170 valence electrons. The van der Waals surface area contributed by atoms with Crippen LogP contribution in [0.25, 0.3) is 0 Å². The molecule has 1 aromatic carbocycles. The third-order valence-electron chi connectivity index (χ3n) is 4.76. The first-order valence-electron chi connectivity index (χ1n) is 10.0.